The molecule has 16 nitrogen and oxygen atoms in total. The SMILES string of the molecule is CC(C)CCC[C@]1(C)OC(=O)[C@]23C(=O)C=C4[C@@H](CC[C@H]5C(C)(C)[C@@H](O[C@@H]6OC[C@@H](OS(=O)(=O)O)[C@H](O)[C@H]6O[C@@H]6O[C@H](C)[C@@H](O)[C@H](O)[C@H]6O)CC[C@]45C)[C@]2(C)CC[C@@]31O. The number of aliphatic hydroxyl groups excluding tert-OH is 4. The second-order valence-corrected chi connectivity index (χ2v) is 21.1. The van der Waals surface area contributed by atoms with Gasteiger partial charge < -0.3 is 49.2 Å². The van der Waals surface area contributed by atoms with Gasteiger partial charge in [-0.2, -0.15) is 8.42 Å². The summed E-state index contributed by atoms with van der Waals surface area (Å²) < 4.78 is 67.7. The summed E-state index contributed by atoms with van der Waals surface area (Å²) in [5.41, 5.74) is -5.53. The van der Waals surface area contributed by atoms with Crippen LogP contribution in [0, 0.1) is 39.4 Å². The molecule has 0 bridgehead atoms. The molecule has 0 aromatic rings. The van der Waals surface area contributed by atoms with Crippen LogP contribution in [0.25, 0.3) is 0 Å². The third kappa shape index (κ3) is 6.42. The molecule has 17 heteroatoms. The molecule has 1 spiro atoms. The smallest absolute Gasteiger partial charge is 0.397 e. The first-order valence-corrected chi connectivity index (χ1v) is 22.3. The number of rotatable bonds is 10. The number of carbonyl (C=O) groups is 2. The summed E-state index contributed by atoms with van der Waals surface area (Å²) in [5, 5.41) is 55.5. The number of ether oxygens (including phenoxy) is 5. The van der Waals surface area contributed by atoms with Gasteiger partial charge in [0.25, 0.3) is 0 Å². The van der Waals surface area contributed by atoms with Crippen molar-refractivity contribution in [3.8, 4) is 0 Å². The summed E-state index contributed by atoms with van der Waals surface area (Å²) in [6.07, 6.45) is -7.38. The molecule has 58 heavy (non-hydrogen) atoms. The Balaban J connectivity index is 1.15. The molecule has 0 amide bonds. The van der Waals surface area contributed by atoms with Crippen LogP contribution in [0.5, 0.6) is 0 Å². The molecule has 6 fully saturated rings. The molecule has 3 saturated carbocycles. The highest BCUT2D eigenvalue weighted by Crippen LogP contribution is 2.76. The summed E-state index contributed by atoms with van der Waals surface area (Å²) >= 11 is 0. The molecule has 0 aromatic carbocycles. The molecule has 3 aliphatic heterocycles. The molecular weight excluding hydrogens is 781 g/mol. The summed E-state index contributed by atoms with van der Waals surface area (Å²) in [7, 11) is -5.04. The normalized spacial score (nSPS) is 50.1. The zero-order valence-corrected chi connectivity index (χ0v) is 35.6. The van der Waals surface area contributed by atoms with Gasteiger partial charge in [0, 0.05) is 5.41 Å². The van der Waals surface area contributed by atoms with Gasteiger partial charge >= 0.3 is 16.4 Å². The van der Waals surface area contributed by atoms with Gasteiger partial charge in [0.05, 0.1) is 18.8 Å². The second kappa shape index (κ2) is 14.8. The van der Waals surface area contributed by atoms with Gasteiger partial charge in [0.15, 0.2) is 23.8 Å². The first-order valence-electron chi connectivity index (χ1n) is 21.0. The third-order valence-corrected chi connectivity index (χ3v) is 16.6. The van der Waals surface area contributed by atoms with Crippen LogP contribution in [-0.4, -0.2) is 129 Å². The zero-order chi connectivity index (χ0) is 42.8. The third-order valence-electron chi connectivity index (χ3n) is 16.1. The van der Waals surface area contributed by atoms with E-state index in [-0.39, 0.29) is 24.0 Å². The first kappa shape index (κ1) is 44.4. The van der Waals surface area contributed by atoms with Crippen molar-refractivity contribution in [3.05, 3.63) is 11.6 Å². The molecule has 4 aliphatic carbocycles. The maximum absolute atomic E-state index is 14.8. The van der Waals surface area contributed by atoms with Crippen LogP contribution in [0.1, 0.15) is 113 Å². The van der Waals surface area contributed by atoms with Gasteiger partial charge in [-0.15, -0.1) is 0 Å². The predicted octanol–water partition coefficient (Wildman–Crippen LogP) is 2.51. The van der Waals surface area contributed by atoms with Gasteiger partial charge in [-0.05, 0) is 99.9 Å². The Morgan fingerprint density at radius 1 is 0.897 bits per heavy atom. The van der Waals surface area contributed by atoms with E-state index in [0.717, 1.165) is 18.4 Å². The van der Waals surface area contributed by atoms with Gasteiger partial charge in [0.1, 0.15) is 47.8 Å². The van der Waals surface area contributed by atoms with Crippen molar-refractivity contribution in [1.29, 1.82) is 0 Å². The molecule has 0 unspecified atom stereocenters. The lowest BCUT2D eigenvalue weighted by atomic mass is 9.40. The van der Waals surface area contributed by atoms with Crippen molar-refractivity contribution in [1.82, 2.24) is 0 Å². The van der Waals surface area contributed by atoms with Crippen LogP contribution in [0.2, 0.25) is 0 Å². The number of hydrogen-bond acceptors (Lipinski definition) is 15. The lowest BCUT2D eigenvalue weighted by Gasteiger charge is -2.63. The highest BCUT2D eigenvalue weighted by atomic mass is 32.3. The van der Waals surface area contributed by atoms with E-state index in [4.69, 9.17) is 23.7 Å². The average molecular weight is 845 g/mol. The van der Waals surface area contributed by atoms with E-state index in [1.54, 1.807) is 13.0 Å². The summed E-state index contributed by atoms with van der Waals surface area (Å²) in [5.74, 6) is -0.770. The standard InChI is InChI=1S/C41H64O16S/c1-20(2)10-9-14-39(8)40(48)17-16-38(7)22-11-12-25-36(4,5)27(13-15-37(25,6)23(22)18-26(42)41(38,40)35(47)56-39)54-34-32(29(44)24(19-52-34)57-58(49,50)51)55-33-31(46)30(45)28(43)21(3)53-33/h18,20-22,24-25,27-34,43-46,48H,9-17,19H2,1-8H3,(H,49,50,51)/t21-,22-,24-,25+,27+,28-,29+,30+,31-,32-,33+,34+,37-,38+,39+,40+,41-/m1/s1. The van der Waals surface area contributed by atoms with Gasteiger partial charge in [-0.3, -0.25) is 14.1 Å². The van der Waals surface area contributed by atoms with Crippen LogP contribution in [0.15, 0.2) is 11.6 Å². The van der Waals surface area contributed by atoms with Crippen molar-refractivity contribution >= 4 is 22.2 Å². The summed E-state index contributed by atoms with van der Waals surface area (Å²) in [4.78, 5) is 29.1. The number of ketones is 1. The Labute approximate surface area is 340 Å². The average Bonchev–Trinajstić information content (AvgIpc) is 3.48. The van der Waals surface area contributed by atoms with E-state index < -0.39 is 117 Å². The van der Waals surface area contributed by atoms with Crippen molar-refractivity contribution in [2.45, 2.75) is 186 Å². The second-order valence-electron chi connectivity index (χ2n) is 20.0. The number of hydrogen-bond donors (Lipinski definition) is 6. The summed E-state index contributed by atoms with van der Waals surface area (Å²) in [6, 6.07) is 0. The lowest BCUT2D eigenvalue weighted by Crippen LogP contribution is -2.67. The maximum atomic E-state index is 14.8. The Bertz CT molecular complexity index is 1770. The Kier molecular flexibility index (Phi) is 11.3. The van der Waals surface area contributed by atoms with Crippen molar-refractivity contribution in [3.63, 3.8) is 0 Å². The molecule has 3 heterocycles. The monoisotopic (exact) mass is 844 g/mol. The van der Waals surface area contributed by atoms with E-state index in [2.05, 4.69) is 38.8 Å². The van der Waals surface area contributed by atoms with Crippen molar-refractivity contribution in [2.24, 2.45) is 39.4 Å². The van der Waals surface area contributed by atoms with Crippen LogP contribution >= 0.6 is 0 Å². The zero-order valence-electron chi connectivity index (χ0n) is 34.8. The number of aliphatic hydroxyl groups is 5. The van der Waals surface area contributed by atoms with Crippen LogP contribution in [-0.2, 0) is 47.9 Å². The van der Waals surface area contributed by atoms with Gasteiger partial charge in [0.2, 0.25) is 0 Å². The Morgan fingerprint density at radius 3 is 2.24 bits per heavy atom. The molecule has 17 atom stereocenters. The van der Waals surface area contributed by atoms with Crippen LogP contribution in [0.3, 0.4) is 0 Å². The maximum Gasteiger partial charge on any atom is 0.397 e. The minimum Gasteiger partial charge on any atom is -0.455 e. The molecule has 3 saturated heterocycles. The fourth-order valence-electron chi connectivity index (χ4n) is 12.9. The fraction of sp³-hybridized carbons (Fsp3) is 0.902. The quantitative estimate of drug-likeness (QED) is 0.0801. The number of cyclic esters (lactones) is 1. The van der Waals surface area contributed by atoms with E-state index in [1.165, 1.54) is 6.92 Å². The molecule has 0 radical (unpaired) electrons. The predicted molar refractivity (Wildman–Crippen MR) is 203 cm³/mol. The van der Waals surface area contributed by atoms with Gasteiger partial charge in [-0.25, -0.2) is 4.18 Å². The summed E-state index contributed by atoms with van der Waals surface area (Å²) in [6.45, 7) is 15.3. The molecule has 7 rings (SSSR count). The highest BCUT2D eigenvalue weighted by molar-refractivity contribution is 7.80. The Hall–Kier alpha value is -1.61. The number of carbonyl (C=O) groups excluding carboxylic acids is 2. The molecular formula is C41H64O16S. The minimum atomic E-state index is -5.04. The van der Waals surface area contributed by atoms with Crippen LogP contribution < -0.4 is 0 Å². The van der Waals surface area contributed by atoms with Crippen LogP contribution in [0.4, 0.5) is 0 Å². The van der Waals surface area contributed by atoms with E-state index in [9.17, 15) is 48.1 Å². The minimum absolute atomic E-state index is 0.0479. The highest BCUT2D eigenvalue weighted by Gasteiger charge is 2.86. The fourth-order valence-corrected chi connectivity index (χ4v) is 13.4. The first-order chi connectivity index (χ1) is 26.8. The largest absolute Gasteiger partial charge is 0.455 e. The number of allylic oxidation sites excluding steroid dienone is 2. The van der Waals surface area contributed by atoms with Gasteiger partial charge in [-0.1, -0.05) is 53.5 Å². The van der Waals surface area contributed by atoms with Crippen molar-refractivity contribution in [2.75, 3.05) is 6.61 Å². The van der Waals surface area contributed by atoms with E-state index in [0.29, 0.717) is 44.4 Å². The molecule has 0 aromatic heterocycles. The lowest BCUT2D eigenvalue weighted by molar-refractivity contribution is -0.362. The van der Waals surface area contributed by atoms with E-state index in [1.807, 2.05) is 6.92 Å². The molecule has 330 valence electrons. The number of esters is 1. The van der Waals surface area contributed by atoms with E-state index >= 15 is 0 Å². The van der Waals surface area contributed by atoms with Crippen molar-refractivity contribution < 1.29 is 76.0 Å². The molecule has 7 aliphatic rings. The molecule has 6 N–H and O–H groups in total. The topological polar surface area (TPSA) is 245 Å². The number of fused-ring (bicyclic) bond motifs is 4. The Morgan fingerprint density at radius 2 is 1.59 bits per heavy atom.